The zero-order chi connectivity index (χ0) is 20.9. The van der Waals surface area contributed by atoms with Crippen LogP contribution >= 0.6 is 34.7 Å². The van der Waals surface area contributed by atoms with Gasteiger partial charge in [-0.1, -0.05) is 11.6 Å². The Bertz CT molecular complexity index is 1210. The molecule has 0 N–H and O–H groups in total. The van der Waals surface area contributed by atoms with E-state index in [9.17, 15) is 8.42 Å². The van der Waals surface area contributed by atoms with Gasteiger partial charge in [0.2, 0.25) is 0 Å². The van der Waals surface area contributed by atoms with Gasteiger partial charge in [0.15, 0.2) is 9.84 Å². The number of thioether (sulfide) groups is 1. The van der Waals surface area contributed by atoms with Crippen LogP contribution in [0.4, 0.5) is 5.82 Å². The summed E-state index contributed by atoms with van der Waals surface area (Å²) in [5, 5.41) is 1.86. The first-order valence-corrected chi connectivity index (χ1v) is 14.0. The first kappa shape index (κ1) is 20.5. The smallest absolute Gasteiger partial charge is 0.152 e. The minimum absolute atomic E-state index is 0.0261. The lowest BCUT2D eigenvalue weighted by atomic mass is 10.1. The second kappa shape index (κ2) is 7.97. The van der Waals surface area contributed by atoms with Crippen molar-refractivity contribution in [3.8, 4) is 0 Å². The Balaban J connectivity index is 1.51. The van der Waals surface area contributed by atoms with Gasteiger partial charge < -0.3 is 4.90 Å². The topological polar surface area (TPSA) is 63.2 Å². The van der Waals surface area contributed by atoms with E-state index in [-0.39, 0.29) is 17.5 Å². The fourth-order valence-corrected chi connectivity index (χ4v) is 8.20. The quantitative estimate of drug-likeness (QED) is 0.492. The zero-order valence-corrected chi connectivity index (χ0v) is 19.8. The number of halogens is 1. The molecule has 2 aromatic heterocycles. The molecule has 0 radical (unpaired) electrons. The summed E-state index contributed by atoms with van der Waals surface area (Å²) in [6.45, 7) is 0. The van der Waals surface area contributed by atoms with E-state index >= 15 is 0 Å². The second-order valence-corrected chi connectivity index (χ2v) is 12.7. The monoisotopic (exact) mass is 479 g/mol. The van der Waals surface area contributed by atoms with E-state index in [2.05, 4.69) is 4.90 Å². The van der Waals surface area contributed by atoms with Crippen molar-refractivity contribution < 1.29 is 8.42 Å². The molecule has 3 aromatic rings. The largest absolute Gasteiger partial charge is 0.355 e. The number of sulfone groups is 1. The van der Waals surface area contributed by atoms with Gasteiger partial charge in [-0.3, -0.25) is 0 Å². The van der Waals surface area contributed by atoms with Crippen molar-refractivity contribution in [3.05, 3.63) is 45.6 Å². The summed E-state index contributed by atoms with van der Waals surface area (Å²) >= 11 is 9.44. The molecule has 1 aromatic carbocycles. The molecule has 3 heterocycles. The highest BCUT2D eigenvalue weighted by molar-refractivity contribution is 7.98. The SMILES string of the molecule is CN(c1nc(CSc2ccc(Cl)cc2)nc2sc3c(c12)CCC3)[C@H]1CCS(=O)(=O)C1. The van der Waals surface area contributed by atoms with Crippen LogP contribution < -0.4 is 4.90 Å². The Hall–Kier alpha value is -1.35. The number of nitrogens with zero attached hydrogens (tertiary/aromatic N) is 3. The molecule has 5 nitrogen and oxygen atoms in total. The molecule has 0 amide bonds. The third-order valence-corrected chi connectivity index (χ3v) is 10.1. The molecule has 1 aliphatic heterocycles. The van der Waals surface area contributed by atoms with Crippen molar-refractivity contribution in [1.82, 2.24) is 9.97 Å². The van der Waals surface area contributed by atoms with E-state index in [0.717, 1.165) is 44.6 Å². The summed E-state index contributed by atoms with van der Waals surface area (Å²) in [7, 11) is -0.969. The van der Waals surface area contributed by atoms with Gasteiger partial charge in [-0.2, -0.15) is 0 Å². The Labute approximate surface area is 189 Å². The summed E-state index contributed by atoms with van der Waals surface area (Å²) < 4.78 is 24.1. The predicted molar refractivity (Wildman–Crippen MR) is 126 cm³/mol. The predicted octanol–water partition coefficient (Wildman–Crippen LogP) is 4.75. The van der Waals surface area contributed by atoms with Crippen LogP contribution in [0, 0.1) is 0 Å². The van der Waals surface area contributed by atoms with E-state index in [1.807, 2.05) is 31.3 Å². The number of hydrogen-bond acceptors (Lipinski definition) is 7. The Morgan fingerprint density at radius 2 is 2.03 bits per heavy atom. The lowest BCUT2D eigenvalue weighted by Gasteiger charge is -2.26. The van der Waals surface area contributed by atoms with Crippen molar-refractivity contribution >= 4 is 60.6 Å². The van der Waals surface area contributed by atoms with Gasteiger partial charge in [-0.15, -0.1) is 23.1 Å². The number of thiophene rings is 1. The van der Waals surface area contributed by atoms with Crippen LogP contribution in [0.3, 0.4) is 0 Å². The molecule has 30 heavy (non-hydrogen) atoms. The van der Waals surface area contributed by atoms with Crippen molar-refractivity contribution in [2.45, 2.75) is 42.4 Å². The average Bonchev–Trinajstić information content (AvgIpc) is 3.40. The molecule has 0 spiro atoms. The highest BCUT2D eigenvalue weighted by Crippen LogP contribution is 2.41. The van der Waals surface area contributed by atoms with Crippen molar-refractivity contribution in [1.29, 1.82) is 0 Å². The maximum atomic E-state index is 12.1. The summed E-state index contributed by atoms with van der Waals surface area (Å²) in [6, 6.07) is 7.75. The number of hydrogen-bond donors (Lipinski definition) is 0. The molecule has 2 aliphatic rings. The average molecular weight is 480 g/mol. The van der Waals surface area contributed by atoms with E-state index in [0.29, 0.717) is 12.2 Å². The lowest BCUT2D eigenvalue weighted by molar-refractivity contribution is 0.600. The Morgan fingerprint density at radius 1 is 1.23 bits per heavy atom. The summed E-state index contributed by atoms with van der Waals surface area (Å²) in [4.78, 5) is 15.5. The van der Waals surface area contributed by atoms with Crippen LogP contribution in [0.1, 0.15) is 29.1 Å². The number of anilines is 1. The maximum absolute atomic E-state index is 12.1. The molecule has 1 atom stereocenters. The first-order valence-electron chi connectivity index (χ1n) is 10.0. The van der Waals surface area contributed by atoms with Crippen molar-refractivity contribution in [2.75, 3.05) is 23.5 Å². The van der Waals surface area contributed by atoms with E-state index < -0.39 is 9.84 Å². The molecular weight excluding hydrogens is 458 g/mol. The summed E-state index contributed by atoms with van der Waals surface area (Å²) in [5.74, 6) is 2.80. The van der Waals surface area contributed by atoms with E-state index in [1.165, 1.54) is 16.9 Å². The van der Waals surface area contributed by atoms with Crippen molar-refractivity contribution in [2.24, 2.45) is 0 Å². The summed E-state index contributed by atoms with van der Waals surface area (Å²) in [6.07, 6.45) is 3.99. The van der Waals surface area contributed by atoms with Crippen LogP contribution in [-0.2, 0) is 28.4 Å². The number of aromatic nitrogens is 2. The second-order valence-electron chi connectivity index (χ2n) is 7.91. The van der Waals surface area contributed by atoms with Gasteiger partial charge in [0.1, 0.15) is 16.5 Å². The molecule has 5 rings (SSSR count). The molecular formula is C21H22ClN3O2S3. The van der Waals surface area contributed by atoms with Gasteiger partial charge in [0, 0.05) is 27.9 Å². The standard InChI is InChI=1S/C21H22ClN3O2S3/c1-25(14-9-10-30(26,27)12-14)20-19-16-3-2-4-17(16)29-21(19)24-18(23-20)11-28-15-7-5-13(22)6-8-15/h5-8,14H,2-4,9-12H2,1H3/t14-/m0/s1. The first-order chi connectivity index (χ1) is 14.4. The molecule has 1 saturated heterocycles. The third kappa shape index (κ3) is 3.95. The van der Waals surface area contributed by atoms with Crippen LogP contribution in [-0.4, -0.2) is 43.0 Å². The maximum Gasteiger partial charge on any atom is 0.152 e. The van der Waals surface area contributed by atoms with Gasteiger partial charge in [-0.05, 0) is 55.5 Å². The molecule has 0 saturated carbocycles. The van der Waals surface area contributed by atoms with Gasteiger partial charge in [0.25, 0.3) is 0 Å². The van der Waals surface area contributed by atoms with Gasteiger partial charge >= 0.3 is 0 Å². The molecule has 0 unspecified atom stereocenters. The fourth-order valence-electron chi connectivity index (χ4n) is 4.27. The minimum Gasteiger partial charge on any atom is -0.355 e. The van der Waals surface area contributed by atoms with Crippen LogP contribution in [0.2, 0.25) is 5.02 Å². The third-order valence-electron chi connectivity index (χ3n) is 5.86. The van der Waals surface area contributed by atoms with E-state index in [4.69, 9.17) is 21.6 Å². The number of fused-ring (bicyclic) bond motifs is 3. The normalized spacial score (nSPS) is 20.0. The molecule has 1 fully saturated rings. The van der Waals surface area contributed by atoms with Crippen LogP contribution in [0.25, 0.3) is 10.2 Å². The number of aryl methyl sites for hydroxylation is 2. The number of benzene rings is 1. The zero-order valence-electron chi connectivity index (χ0n) is 16.6. The minimum atomic E-state index is -2.96. The number of rotatable bonds is 5. The van der Waals surface area contributed by atoms with Crippen LogP contribution in [0.15, 0.2) is 29.2 Å². The molecule has 0 bridgehead atoms. The van der Waals surface area contributed by atoms with Gasteiger partial charge in [0.05, 0.1) is 22.6 Å². The highest BCUT2D eigenvalue weighted by atomic mass is 35.5. The lowest BCUT2D eigenvalue weighted by Crippen LogP contribution is -2.33. The summed E-state index contributed by atoms with van der Waals surface area (Å²) in [5.41, 5.74) is 1.37. The van der Waals surface area contributed by atoms with E-state index in [1.54, 1.807) is 23.1 Å². The Kier molecular flexibility index (Phi) is 5.46. The molecule has 9 heteroatoms. The Morgan fingerprint density at radius 3 is 2.77 bits per heavy atom. The van der Waals surface area contributed by atoms with Crippen LogP contribution in [0.5, 0.6) is 0 Å². The molecule has 158 valence electrons. The fraction of sp³-hybridized carbons (Fsp3) is 0.429. The van der Waals surface area contributed by atoms with Gasteiger partial charge in [-0.25, -0.2) is 18.4 Å². The highest BCUT2D eigenvalue weighted by Gasteiger charge is 2.33. The molecule has 1 aliphatic carbocycles. The van der Waals surface area contributed by atoms with Crippen molar-refractivity contribution in [3.63, 3.8) is 0 Å².